The first-order chi connectivity index (χ1) is 64.3. The van der Waals surface area contributed by atoms with Crippen LogP contribution in [0.4, 0.5) is 34.1 Å². The summed E-state index contributed by atoms with van der Waals surface area (Å²) in [5, 5.41) is 0. The third-order valence-electron chi connectivity index (χ3n) is 31.3. The molecule has 646 valence electrons. The van der Waals surface area contributed by atoms with E-state index in [9.17, 15) is 0 Å². The molecule has 0 fully saturated rings. The van der Waals surface area contributed by atoms with Gasteiger partial charge in [-0.1, -0.05) is 411 Å². The number of rotatable bonds is 10. The number of aryl methyl sites for hydroxylation is 4. The van der Waals surface area contributed by atoms with E-state index in [-0.39, 0.29) is 27.1 Å². The Morgan fingerprint density at radius 1 is 0.195 bits per heavy atom. The van der Waals surface area contributed by atoms with E-state index in [2.05, 4.69) is 507 Å². The molecule has 0 unspecified atom stereocenters. The van der Waals surface area contributed by atoms with Crippen molar-refractivity contribution >= 4 is 34.1 Å². The van der Waals surface area contributed by atoms with Crippen LogP contribution in [-0.2, 0) is 50.7 Å². The van der Waals surface area contributed by atoms with Gasteiger partial charge in [0.15, 0.2) is 0 Å². The third kappa shape index (κ3) is 12.8. The first-order valence-electron chi connectivity index (χ1n) is 47.9. The second-order valence-electron chi connectivity index (χ2n) is 41.8. The van der Waals surface area contributed by atoms with Gasteiger partial charge in [-0.25, -0.2) is 0 Å². The molecule has 133 heavy (non-hydrogen) atoms. The van der Waals surface area contributed by atoms with Gasteiger partial charge >= 0.3 is 0 Å². The number of anilines is 6. The van der Waals surface area contributed by atoms with Crippen molar-refractivity contribution in [3.05, 3.63) is 512 Å². The fourth-order valence-electron chi connectivity index (χ4n) is 24.4. The molecule has 0 saturated carbocycles. The van der Waals surface area contributed by atoms with Crippen LogP contribution in [-0.4, -0.2) is 0 Å². The third-order valence-corrected chi connectivity index (χ3v) is 31.3. The van der Waals surface area contributed by atoms with Crippen molar-refractivity contribution in [3.8, 4) is 89.0 Å². The van der Waals surface area contributed by atoms with Crippen LogP contribution in [0.25, 0.3) is 89.0 Å². The number of nitrogens with zero attached hydrogens (tertiary/aromatic N) is 2. The lowest BCUT2D eigenvalue weighted by Gasteiger charge is -2.46. The summed E-state index contributed by atoms with van der Waals surface area (Å²) in [6.45, 7) is 32.6. The Balaban J connectivity index is 0.000000151. The molecule has 2 nitrogen and oxygen atoms in total. The Bertz CT molecular complexity index is 7680. The number of hydrogen-bond acceptors (Lipinski definition) is 2. The highest BCUT2D eigenvalue weighted by atomic mass is 15.2. The summed E-state index contributed by atoms with van der Waals surface area (Å²) in [7, 11) is 0. The van der Waals surface area contributed by atoms with Crippen molar-refractivity contribution in [2.24, 2.45) is 0 Å². The van der Waals surface area contributed by atoms with Crippen LogP contribution < -0.4 is 9.80 Å². The molecule has 0 saturated heterocycles. The molecule has 0 N–H and O–H groups in total. The summed E-state index contributed by atoms with van der Waals surface area (Å²) in [6, 6.07) is 153. The van der Waals surface area contributed by atoms with Crippen LogP contribution in [0.1, 0.15) is 194 Å². The second-order valence-corrected chi connectivity index (χ2v) is 41.8. The molecule has 0 radical (unpaired) electrons. The highest BCUT2D eigenvalue weighted by Gasteiger charge is 2.55. The molecular weight excluding hydrogens is 1600 g/mol. The van der Waals surface area contributed by atoms with Gasteiger partial charge in [-0.3, -0.25) is 0 Å². The summed E-state index contributed by atoms with van der Waals surface area (Å²) in [4.78, 5) is 5.13. The first-order valence-corrected chi connectivity index (χ1v) is 47.9. The van der Waals surface area contributed by atoms with E-state index < -0.39 is 10.8 Å². The van der Waals surface area contributed by atoms with Gasteiger partial charge in [-0.2, -0.15) is 0 Å². The average molecular weight is 1710 g/mol. The minimum atomic E-state index is -0.514. The number of hydrogen-bond donors (Lipinski definition) is 0. The van der Waals surface area contributed by atoms with E-state index in [0.717, 1.165) is 47.0 Å². The normalized spacial score (nSPS) is 14.9. The predicted octanol–water partition coefficient (Wildman–Crippen LogP) is 34.3. The Kier molecular flexibility index (Phi) is 19.2. The lowest BCUT2D eigenvalue weighted by Crippen LogP contribution is -2.40. The highest BCUT2D eigenvalue weighted by Crippen LogP contribution is 2.65. The summed E-state index contributed by atoms with van der Waals surface area (Å²) in [6.07, 6.45) is 2.02. The van der Waals surface area contributed by atoms with Crippen molar-refractivity contribution in [3.63, 3.8) is 0 Å². The molecule has 6 aliphatic carbocycles. The van der Waals surface area contributed by atoms with Crippen LogP contribution in [0.5, 0.6) is 0 Å². The van der Waals surface area contributed by atoms with Crippen molar-refractivity contribution in [2.75, 3.05) is 9.80 Å². The maximum Gasteiger partial charge on any atom is 0.0720 e. The highest BCUT2D eigenvalue weighted by molar-refractivity contribution is 5.99. The molecule has 0 atom stereocenters. The molecule has 0 amide bonds. The molecular formula is C131H112N2. The maximum absolute atomic E-state index is 2.57. The molecule has 18 aromatic rings. The molecule has 0 aromatic heterocycles. The van der Waals surface area contributed by atoms with Gasteiger partial charge in [0.05, 0.1) is 22.2 Å². The monoisotopic (exact) mass is 1710 g/mol. The van der Waals surface area contributed by atoms with E-state index >= 15 is 0 Å². The van der Waals surface area contributed by atoms with Crippen LogP contribution >= 0.6 is 0 Å². The molecule has 6 aliphatic rings. The summed E-state index contributed by atoms with van der Waals surface area (Å²) in [5.41, 5.74) is 52.9. The smallest absolute Gasteiger partial charge is 0.0720 e. The Hall–Kier alpha value is -14.4. The van der Waals surface area contributed by atoms with E-state index in [1.165, 1.54) is 200 Å². The average Bonchev–Trinajstić information content (AvgIpc) is 1.57. The van der Waals surface area contributed by atoms with Gasteiger partial charge < -0.3 is 9.80 Å². The molecule has 2 heteroatoms. The van der Waals surface area contributed by atoms with Gasteiger partial charge in [0.1, 0.15) is 0 Å². The molecule has 2 spiro atoms. The fourth-order valence-corrected chi connectivity index (χ4v) is 24.4. The molecule has 0 heterocycles. The van der Waals surface area contributed by atoms with Crippen molar-refractivity contribution in [2.45, 2.75) is 148 Å². The lowest BCUT2D eigenvalue weighted by molar-refractivity contribution is 0.563. The van der Waals surface area contributed by atoms with Crippen LogP contribution in [0.15, 0.2) is 400 Å². The summed E-state index contributed by atoms with van der Waals surface area (Å²) < 4.78 is 0. The molecule has 24 rings (SSSR count). The molecule has 18 aromatic carbocycles. The Morgan fingerprint density at radius 3 is 0.805 bits per heavy atom. The van der Waals surface area contributed by atoms with E-state index in [4.69, 9.17) is 0 Å². The summed E-state index contributed by atoms with van der Waals surface area (Å²) in [5.74, 6) is 0. The van der Waals surface area contributed by atoms with Crippen molar-refractivity contribution < 1.29 is 0 Å². The Morgan fingerprint density at radius 2 is 0.451 bits per heavy atom. The topological polar surface area (TPSA) is 6.48 Å². The SMILES string of the molecule is Cc1ccccc1-c1cc(-c2ccc(C(C)(C)C)cc2)ccc1N(c1ccc2c(c1)C(C)(C)c1ccccc1-2)c1ccc2c(c1)C1(c3ccccc3-2)c2ccccc2C(C)(C)c2ccccc21.Cc1ccccc1-c1cc(-c2ccc(C(C)(C)C)cc2)ccc1N(c1ccc2c(c1)C(C)(C)c1ccccc1-2)c1ccc2c(c1)C1(c3ccccc3CCc3ccccc31)c1ccccc1-2. The zero-order valence-electron chi connectivity index (χ0n) is 78.9. The first kappa shape index (κ1) is 82.9. The van der Waals surface area contributed by atoms with Crippen LogP contribution in [0, 0.1) is 13.8 Å². The van der Waals surface area contributed by atoms with Crippen LogP contribution in [0.3, 0.4) is 0 Å². The van der Waals surface area contributed by atoms with Gasteiger partial charge in [0.25, 0.3) is 0 Å². The maximum atomic E-state index is 2.57. The van der Waals surface area contributed by atoms with Crippen molar-refractivity contribution in [1.82, 2.24) is 0 Å². The zero-order valence-corrected chi connectivity index (χ0v) is 78.9. The second kappa shape index (κ2) is 30.8. The number of benzene rings is 18. The largest absolute Gasteiger partial charge is 0.310 e. The minimum Gasteiger partial charge on any atom is -0.310 e. The minimum absolute atomic E-state index is 0.0782. The van der Waals surface area contributed by atoms with E-state index in [1.54, 1.807) is 0 Å². The Labute approximate surface area is 786 Å². The van der Waals surface area contributed by atoms with Crippen molar-refractivity contribution in [1.29, 1.82) is 0 Å². The number of fused-ring (bicyclic) bond motifs is 24. The van der Waals surface area contributed by atoms with E-state index in [0.29, 0.717) is 0 Å². The van der Waals surface area contributed by atoms with Crippen LogP contribution in [0.2, 0.25) is 0 Å². The lowest BCUT2D eigenvalue weighted by atomic mass is 9.55. The summed E-state index contributed by atoms with van der Waals surface area (Å²) >= 11 is 0. The van der Waals surface area contributed by atoms with Gasteiger partial charge in [-0.15, -0.1) is 0 Å². The van der Waals surface area contributed by atoms with Gasteiger partial charge in [0, 0.05) is 50.1 Å². The van der Waals surface area contributed by atoms with E-state index in [1.807, 2.05) is 0 Å². The van der Waals surface area contributed by atoms with Gasteiger partial charge in [0.2, 0.25) is 0 Å². The van der Waals surface area contributed by atoms with Gasteiger partial charge in [-0.05, 0) is 299 Å². The predicted molar refractivity (Wildman–Crippen MR) is 560 cm³/mol. The fraction of sp³-hybridized carbons (Fsp3) is 0.176. The zero-order chi connectivity index (χ0) is 91.0. The molecule has 0 aliphatic heterocycles. The quantitative estimate of drug-likeness (QED) is 0.135. The molecule has 0 bridgehead atoms. The standard InChI is InChI=1S/C66H57N.C65H55N/c1-42-19-9-10-20-48(42)53-39-44(43-29-32-45(33-30-43)63(2,3)4)31-38-62(53)67(46-34-36-51-49-21-11-13-23-54(49)64(5,6)60(51)40-46)47-35-37-52-50-22-12-14-24-55(50)66(61(52)41-47)58-27-17-15-25-56(58)65(7,8)57-26-16-18-28-59(57)66;1-42-17-7-10-20-50(42)55-39-46(43-29-32-47(33-30-43)63(2,3)4)31-38-62(55)66(48-34-36-53-51-21-11-15-25-58(51)64(5,6)60(53)40-48)49-35-37-54-52-22-12-16-26-59(52)65(61(54)41-49)56-23-13-8-18-44(56)27-28-45-19-9-14-24-57(45)65/h9-41H,1-8H3;7-26,29-41H,27-28H2,1-6H3.